The summed E-state index contributed by atoms with van der Waals surface area (Å²) in [6.07, 6.45) is 5.78. The van der Waals surface area contributed by atoms with Crippen LogP contribution in [0.3, 0.4) is 0 Å². The number of benzene rings is 1. The standard InChI is InChI=1S/C16H24ClNO2/c1-16(9-3-2-4-10-16)18-11-14(19)12-20-15-7-5-13(17)6-8-15/h5-8,14,18-19H,2-4,9-12H2,1H3. The van der Waals surface area contributed by atoms with Crippen LogP contribution in [0.2, 0.25) is 5.02 Å². The fraction of sp³-hybridized carbons (Fsp3) is 0.625. The van der Waals surface area contributed by atoms with Crippen LogP contribution in [0, 0.1) is 0 Å². The van der Waals surface area contributed by atoms with Gasteiger partial charge in [-0.25, -0.2) is 0 Å². The van der Waals surface area contributed by atoms with E-state index in [1.165, 1.54) is 32.1 Å². The van der Waals surface area contributed by atoms with Crippen molar-refractivity contribution < 1.29 is 9.84 Å². The number of β-amino-alcohol motifs (C(OH)–C–C–N with tert-alkyl or cyclic N) is 1. The maximum absolute atomic E-state index is 10.00. The summed E-state index contributed by atoms with van der Waals surface area (Å²) in [4.78, 5) is 0. The lowest BCUT2D eigenvalue weighted by molar-refractivity contribution is 0.0930. The molecular weight excluding hydrogens is 274 g/mol. The second-order valence-corrected chi connectivity index (χ2v) is 6.36. The van der Waals surface area contributed by atoms with Crippen LogP contribution in [0.4, 0.5) is 0 Å². The van der Waals surface area contributed by atoms with E-state index in [-0.39, 0.29) is 5.54 Å². The van der Waals surface area contributed by atoms with Crippen LogP contribution in [0.1, 0.15) is 39.0 Å². The summed E-state index contributed by atoms with van der Waals surface area (Å²) in [5.74, 6) is 0.734. The van der Waals surface area contributed by atoms with Crippen molar-refractivity contribution in [3.8, 4) is 5.75 Å². The van der Waals surface area contributed by atoms with Crippen molar-refractivity contribution in [3.05, 3.63) is 29.3 Å². The minimum atomic E-state index is -0.496. The quantitative estimate of drug-likeness (QED) is 0.846. The Labute approximate surface area is 126 Å². The molecule has 1 saturated carbocycles. The molecule has 1 fully saturated rings. The summed E-state index contributed by atoms with van der Waals surface area (Å²) in [7, 11) is 0. The molecule has 0 spiro atoms. The van der Waals surface area contributed by atoms with Gasteiger partial charge in [0.05, 0.1) is 0 Å². The highest BCUT2D eigenvalue weighted by Crippen LogP contribution is 2.27. The van der Waals surface area contributed by atoms with Crippen LogP contribution >= 0.6 is 11.6 Å². The zero-order valence-electron chi connectivity index (χ0n) is 12.1. The van der Waals surface area contributed by atoms with E-state index in [2.05, 4.69) is 12.2 Å². The molecular formula is C16H24ClNO2. The van der Waals surface area contributed by atoms with Gasteiger partial charge in [0, 0.05) is 17.1 Å². The lowest BCUT2D eigenvalue weighted by atomic mass is 9.83. The second-order valence-electron chi connectivity index (χ2n) is 5.92. The Kier molecular flexibility index (Phi) is 5.70. The van der Waals surface area contributed by atoms with Crippen molar-refractivity contribution >= 4 is 11.6 Å². The Bertz CT molecular complexity index is 401. The lowest BCUT2D eigenvalue weighted by Crippen LogP contribution is -2.48. The van der Waals surface area contributed by atoms with Crippen LogP contribution in [-0.4, -0.2) is 29.9 Å². The van der Waals surface area contributed by atoms with Crippen molar-refractivity contribution in [2.24, 2.45) is 0 Å². The van der Waals surface area contributed by atoms with E-state index in [4.69, 9.17) is 16.3 Å². The van der Waals surface area contributed by atoms with Gasteiger partial charge in [0.1, 0.15) is 18.5 Å². The number of nitrogens with one attached hydrogen (secondary N) is 1. The summed E-state index contributed by atoms with van der Waals surface area (Å²) in [6, 6.07) is 7.19. The zero-order chi connectivity index (χ0) is 14.4. The molecule has 1 unspecified atom stereocenters. The number of aliphatic hydroxyl groups is 1. The first-order valence-electron chi connectivity index (χ1n) is 7.39. The number of hydrogen-bond donors (Lipinski definition) is 2. The fourth-order valence-corrected chi connectivity index (χ4v) is 2.78. The van der Waals surface area contributed by atoms with Crippen molar-refractivity contribution in [3.63, 3.8) is 0 Å². The largest absolute Gasteiger partial charge is 0.491 e. The normalized spacial score (nSPS) is 19.6. The Morgan fingerprint density at radius 3 is 2.55 bits per heavy atom. The van der Waals surface area contributed by atoms with E-state index in [0.29, 0.717) is 18.2 Å². The molecule has 2 N–H and O–H groups in total. The Hall–Kier alpha value is -0.770. The van der Waals surface area contributed by atoms with Gasteiger partial charge in [0.25, 0.3) is 0 Å². The molecule has 112 valence electrons. The molecule has 1 aliphatic rings. The molecule has 0 aromatic heterocycles. The smallest absolute Gasteiger partial charge is 0.119 e. The van der Waals surface area contributed by atoms with Crippen LogP contribution < -0.4 is 10.1 Å². The molecule has 1 aromatic carbocycles. The molecule has 0 aliphatic heterocycles. The molecule has 0 heterocycles. The Morgan fingerprint density at radius 2 is 1.90 bits per heavy atom. The van der Waals surface area contributed by atoms with Crippen LogP contribution in [0.25, 0.3) is 0 Å². The minimum Gasteiger partial charge on any atom is -0.491 e. The van der Waals surface area contributed by atoms with Gasteiger partial charge < -0.3 is 15.2 Å². The maximum Gasteiger partial charge on any atom is 0.119 e. The summed E-state index contributed by atoms with van der Waals surface area (Å²) in [5.41, 5.74) is 0.180. The zero-order valence-corrected chi connectivity index (χ0v) is 12.8. The average Bonchev–Trinajstić information content (AvgIpc) is 2.45. The van der Waals surface area contributed by atoms with Gasteiger partial charge in [-0.3, -0.25) is 0 Å². The summed E-state index contributed by atoms with van der Waals surface area (Å²) in [6.45, 7) is 3.12. The van der Waals surface area contributed by atoms with Gasteiger partial charge in [-0.05, 0) is 44.0 Å². The number of aliphatic hydroxyl groups excluding tert-OH is 1. The molecule has 0 saturated heterocycles. The van der Waals surface area contributed by atoms with Crippen molar-refractivity contribution in [1.29, 1.82) is 0 Å². The Morgan fingerprint density at radius 1 is 1.25 bits per heavy atom. The first-order valence-corrected chi connectivity index (χ1v) is 7.77. The third-order valence-corrected chi connectivity index (χ3v) is 4.23. The second kappa shape index (κ2) is 7.30. The first-order chi connectivity index (χ1) is 9.57. The van der Waals surface area contributed by atoms with E-state index in [0.717, 1.165) is 5.75 Å². The molecule has 0 radical (unpaired) electrons. The molecule has 1 atom stereocenters. The van der Waals surface area contributed by atoms with Crippen molar-refractivity contribution in [1.82, 2.24) is 5.32 Å². The van der Waals surface area contributed by atoms with E-state index < -0.39 is 6.10 Å². The van der Waals surface area contributed by atoms with Crippen LogP contribution in [-0.2, 0) is 0 Å². The first kappa shape index (κ1) is 15.6. The van der Waals surface area contributed by atoms with Gasteiger partial charge in [0.15, 0.2) is 0 Å². The minimum absolute atomic E-state index is 0.180. The highest BCUT2D eigenvalue weighted by atomic mass is 35.5. The summed E-state index contributed by atoms with van der Waals surface area (Å²) >= 11 is 5.81. The number of ether oxygens (including phenoxy) is 1. The molecule has 1 aliphatic carbocycles. The van der Waals surface area contributed by atoms with Crippen molar-refractivity contribution in [2.75, 3.05) is 13.2 Å². The number of hydrogen-bond acceptors (Lipinski definition) is 3. The van der Waals surface area contributed by atoms with Gasteiger partial charge in [-0.15, -0.1) is 0 Å². The van der Waals surface area contributed by atoms with Crippen LogP contribution in [0.5, 0.6) is 5.75 Å². The van der Waals surface area contributed by atoms with E-state index in [1.807, 2.05) is 12.1 Å². The monoisotopic (exact) mass is 297 g/mol. The topological polar surface area (TPSA) is 41.5 Å². The van der Waals surface area contributed by atoms with Crippen LogP contribution in [0.15, 0.2) is 24.3 Å². The highest BCUT2D eigenvalue weighted by molar-refractivity contribution is 6.30. The Balaban J connectivity index is 1.69. The molecule has 0 amide bonds. The predicted octanol–water partition coefficient (Wildman–Crippen LogP) is 3.39. The predicted molar refractivity (Wildman–Crippen MR) is 82.4 cm³/mol. The molecule has 3 nitrogen and oxygen atoms in total. The summed E-state index contributed by atoms with van der Waals surface area (Å²) < 4.78 is 5.55. The molecule has 0 bridgehead atoms. The molecule has 20 heavy (non-hydrogen) atoms. The average molecular weight is 298 g/mol. The maximum atomic E-state index is 10.00. The molecule has 4 heteroatoms. The van der Waals surface area contributed by atoms with E-state index in [1.54, 1.807) is 12.1 Å². The third-order valence-electron chi connectivity index (χ3n) is 3.98. The highest BCUT2D eigenvalue weighted by Gasteiger charge is 2.26. The third kappa shape index (κ3) is 4.97. The lowest BCUT2D eigenvalue weighted by Gasteiger charge is -2.35. The number of rotatable bonds is 6. The summed E-state index contributed by atoms with van der Waals surface area (Å²) in [5, 5.41) is 14.2. The molecule has 1 aromatic rings. The fourth-order valence-electron chi connectivity index (χ4n) is 2.66. The van der Waals surface area contributed by atoms with Gasteiger partial charge in [-0.2, -0.15) is 0 Å². The molecule has 2 rings (SSSR count). The van der Waals surface area contributed by atoms with Gasteiger partial charge >= 0.3 is 0 Å². The van der Waals surface area contributed by atoms with Gasteiger partial charge in [0.2, 0.25) is 0 Å². The van der Waals surface area contributed by atoms with E-state index in [9.17, 15) is 5.11 Å². The van der Waals surface area contributed by atoms with Crippen molar-refractivity contribution in [2.45, 2.75) is 50.7 Å². The van der Waals surface area contributed by atoms with E-state index >= 15 is 0 Å². The van der Waals surface area contributed by atoms with Gasteiger partial charge in [-0.1, -0.05) is 30.9 Å². The SMILES string of the molecule is CC1(NCC(O)COc2ccc(Cl)cc2)CCCCC1. The number of halogens is 1.